The molecule has 2 aromatic rings. The van der Waals surface area contributed by atoms with E-state index in [9.17, 15) is 18.0 Å². The molecule has 0 aliphatic heterocycles. The van der Waals surface area contributed by atoms with Gasteiger partial charge in [-0.3, -0.25) is 9.59 Å². The van der Waals surface area contributed by atoms with Crippen molar-refractivity contribution >= 4 is 33.2 Å². The highest BCUT2D eigenvalue weighted by Crippen LogP contribution is 2.22. The Balaban J connectivity index is 2.44. The lowest BCUT2D eigenvalue weighted by Gasteiger charge is -2.18. The maximum absolute atomic E-state index is 12.4. The molecule has 1 aromatic heterocycles. The molecule has 0 unspecified atom stereocenters. The molecular formula is C13H13N3O5S. The number of carbonyl (C=O) groups excluding carboxylic acids is 2. The summed E-state index contributed by atoms with van der Waals surface area (Å²) in [4.78, 5) is 24.9. The Bertz CT molecular complexity index is 841. The van der Waals surface area contributed by atoms with E-state index in [1.54, 1.807) is 12.1 Å². The molecule has 0 saturated carbocycles. The largest absolute Gasteiger partial charge is 0.438 e. The highest BCUT2D eigenvalue weighted by molar-refractivity contribution is 7.89. The fourth-order valence-corrected chi connectivity index (χ4v) is 2.27. The summed E-state index contributed by atoms with van der Waals surface area (Å²) in [6.45, 7) is 1.19. The molecule has 0 bridgehead atoms. The number of hydrogen-bond donors (Lipinski definition) is 2. The number of carbonyl (C=O) groups is 2. The van der Waals surface area contributed by atoms with Crippen LogP contribution < -0.4 is 15.8 Å². The number of rotatable bonds is 3. The first-order chi connectivity index (χ1) is 10.2. The molecule has 1 aromatic carbocycles. The topological polar surface area (TPSA) is 137 Å². The van der Waals surface area contributed by atoms with Crippen molar-refractivity contribution < 1.29 is 22.4 Å². The Kier molecular flexibility index (Phi) is 4.02. The highest BCUT2D eigenvalue weighted by atomic mass is 32.2. The van der Waals surface area contributed by atoms with E-state index in [0.29, 0.717) is 5.69 Å². The molecule has 9 heteroatoms. The van der Waals surface area contributed by atoms with Crippen LogP contribution in [0.25, 0.3) is 0 Å². The number of amides is 2. The van der Waals surface area contributed by atoms with Crippen LogP contribution in [0.2, 0.25) is 0 Å². The number of furan rings is 1. The van der Waals surface area contributed by atoms with Crippen molar-refractivity contribution in [3.63, 3.8) is 0 Å². The van der Waals surface area contributed by atoms with Crippen molar-refractivity contribution in [2.45, 2.75) is 12.0 Å². The lowest BCUT2D eigenvalue weighted by Crippen LogP contribution is -2.35. The Hall–Kier alpha value is -2.65. The number of nitrogen functional groups attached to an aromatic ring is 1. The summed E-state index contributed by atoms with van der Waals surface area (Å²) < 4.78 is 27.2. The molecule has 0 spiro atoms. The number of sulfonamides is 1. The Labute approximate surface area is 126 Å². The minimum atomic E-state index is -4.08. The molecular weight excluding hydrogens is 310 g/mol. The lowest BCUT2D eigenvalue weighted by molar-refractivity contribution is -0.116. The van der Waals surface area contributed by atoms with Crippen molar-refractivity contribution in [1.82, 2.24) is 0 Å². The summed E-state index contributed by atoms with van der Waals surface area (Å²) in [6, 6.07) is 8.29. The molecule has 0 radical (unpaired) electrons. The highest BCUT2D eigenvalue weighted by Gasteiger charge is 2.26. The normalized spacial score (nSPS) is 11.2. The maximum Gasteiger partial charge on any atom is 0.300 e. The van der Waals surface area contributed by atoms with Gasteiger partial charge in [-0.1, -0.05) is 6.07 Å². The van der Waals surface area contributed by atoms with Gasteiger partial charge >= 0.3 is 5.91 Å². The number of nitrogens with two attached hydrogens (primary N) is 2. The van der Waals surface area contributed by atoms with Gasteiger partial charge in [0.25, 0.3) is 10.0 Å². The van der Waals surface area contributed by atoms with Gasteiger partial charge in [0.05, 0.1) is 5.69 Å². The molecule has 0 aliphatic carbocycles. The van der Waals surface area contributed by atoms with Crippen LogP contribution in [-0.2, 0) is 14.8 Å². The number of hydrogen-bond acceptors (Lipinski definition) is 6. The van der Waals surface area contributed by atoms with Crippen LogP contribution in [0.5, 0.6) is 0 Å². The second-order valence-electron chi connectivity index (χ2n) is 4.42. The van der Waals surface area contributed by atoms with Gasteiger partial charge < -0.3 is 10.2 Å². The third-order valence-electron chi connectivity index (χ3n) is 2.72. The second-order valence-corrected chi connectivity index (χ2v) is 5.91. The fraction of sp³-hybridized carbons (Fsp3) is 0.0769. The van der Waals surface area contributed by atoms with E-state index in [2.05, 4.69) is 0 Å². The predicted octanol–water partition coefficient (Wildman–Crippen LogP) is 0.703. The van der Waals surface area contributed by atoms with Gasteiger partial charge in [-0.15, -0.1) is 0 Å². The van der Waals surface area contributed by atoms with Gasteiger partial charge in [0, 0.05) is 12.6 Å². The van der Waals surface area contributed by atoms with Gasteiger partial charge in [0.2, 0.25) is 11.0 Å². The van der Waals surface area contributed by atoms with Gasteiger partial charge in [-0.2, -0.15) is 0 Å². The number of nitrogens with zero attached hydrogens (tertiary/aromatic N) is 1. The zero-order chi connectivity index (χ0) is 16.5. The van der Waals surface area contributed by atoms with Crippen LogP contribution in [0.15, 0.2) is 45.9 Å². The first-order valence-electron chi connectivity index (χ1n) is 6.03. The molecule has 0 aliphatic rings. The molecule has 22 heavy (non-hydrogen) atoms. The predicted molar refractivity (Wildman–Crippen MR) is 78.4 cm³/mol. The molecule has 0 saturated heterocycles. The van der Waals surface area contributed by atoms with E-state index >= 15 is 0 Å². The first kappa shape index (κ1) is 15.7. The summed E-state index contributed by atoms with van der Waals surface area (Å²) in [5.74, 6) is -1.74. The quantitative estimate of drug-likeness (QED) is 0.798. The van der Waals surface area contributed by atoms with Crippen molar-refractivity contribution in [1.29, 1.82) is 0 Å². The lowest BCUT2D eigenvalue weighted by atomic mass is 10.2. The third-order valence-corrected chi connectivity index (χ3v) is 3.50. The average molecular weight is 323 g/mol. The molecule has 0 fully saturated rings. The molecule has 4 N–H and O–H groups in total. The number of primary sulfonamides is 1. The van der Waals surface area contributed by atoms with Crippen molar-refractivity contribution in [2.75, 3.05) is 10.6 Å². The molecule has 116 valence electrons. The summed E-state index contributed by atoms with van der Waals surface area (Å²) in [7, 11) is -4.08. The molecule has 0 atom stereocenters. The molecule has 2 rings (SSSR count). The minimum Gasteiger partial charge on any atom is -0.438 e. The van der Waals surface area contributed by atoms with E-state index < -0.39 is 26.9 Å². The van der Waals surface area contributed by atoms with Crippen LogP contribution in [0.3, 0.4) is 0 Å². The molecule has 8 nitrogen and oxygen atoms in total. The summed E-state index contributed by atoms with van der Waals surface area (Å²) in [6.07, 6.45) is 0. The molecule has 1 heterocycles. The Morgan fingerprint density at radius 2 is 1.86 bits per heavy atom. The van der Waals surface area contributed by atoms with E-state index in [-0.39, 0.29) is 11.4 Å². The zero-order valence-electron chi connectivity index (χ0n) is 11.5. The van der Waals surface area contributed by atoms with Crippen molar-refractivity contribution in [3.05, 3.63) is 42.2 Å². The smallest absolute Gasteiger partial charge is 0.300 e. The third kappa shape index (κ3) is 3.15. The van der Waals surface area contributed by atoms with Crippen LogP contribution in [0.1, 0.15) is 17.5 Å². The number of benzene rings is 1. The summed E-state index contributed by atoms with van der Waals surface area (Å²) in [5, 5.41) is 4.34. The number of imide groups is 1. The Morgan fingerprint density at radius 3 is 2.36 bits per heavy atom. The van der Waals surface area contributed by atoms with Crippen LogP contribution in [-0.4, -0.2) is 20.2 Å². The average Bonchev–Trinajstić information content (AvgIpc) is 2.87. The van der Waals surface area contributed by atoms with Crippen molar-refractivity contribution in [3.8, 4) is 0 Å². The van der Waals surface area contributed by atoms with E-state index in [1.807, 2.05) is 0 Å². The second kappa shape index (κ2) is 5.62. The SMILES string of the molecule is CC(=O)N(C(=O)c1ccc(S(N)(=O)=O)o1)c1cccc(N)c1. The number of anilines is 2. The zero-order valence-corrected chi connectivity index (χ0v) is 12.3. The van der Waals surface area contributed by atoms with Crippen LogP contribution in [0.4, 0.5) is 11.4 Å². The van der Waals surface area contributed by atoms with Gasteiger partial charge in [0.1, 0.15) is 0 Å². The first-order valence-corrected chi connectivity index (χ1v) is 7.58. The van der Waals surface area contributed by atoms with Crippen LogP contribution in [0, 0.1) is 0 Å². The van der Waals surface area contributed by atoms with E-state index in [0.717, 1.165) is 17.0 Å². The van der Waals surface area contributed by atoms with Gasteiger partial charge in [-0.25, -0.2) is 18.5 Å². The summed E-state index contributed by atoms with van der Waals surface area (Å²) >= 11 is 0. The van der Waals surface area contributed by atoms with Crippen LogP contribution >= 0.6 is 0 Å². The Morgan fingerprint density at radius 1 is 1.18 bits per heavy atom. The van der Waals surface area contributed by atoms with Gasteiger partial charge in [0.15, 0.2) is 5.76 Å². The summed E-state index contributed by atoms with van der Waals surface area (Å²) in [5.41, 5.74) is 6.23. The van der Waals surface area contributed by atoms with E-state index in [1.165, 1.54) is 19.1 Å². The fourth-order valence-electron chi connectivity index (χ4n) is 1.80. The standard InChI is InChI=1S/C13H13N3O5S/c1-8(17)16(10-4-2-3-9(14)7-10)13(18)11-5-6-12(21-11)22(15,19)20/h2-7H,14H2,1H3,(H2,15,19,20). The van der Waals surface area contributed by atoms with Gasteiger partial charge in [-0.05, 0) is 30.3 Å². The molecule has 2 amide bonds. The maximum atomic E-state index is 12.4. The van der Waals surface area contributed by atoms with E-state index in [4.69, 9.17) is 15.3 Å². The monoisotopic (exact) mass is 323 g/mol. The van der Waals surface area contributed by atoms with Crippen molar-refractivity contribution in [2.24, 2.45) is 5.14 Å². The minimum absolute atomic E-state index is 0.242.